The summed E-state index contributed by atoms with van der Waals surface area (Å²) in [4.78, 5) is 14.4. The Hall–Kier alpha value is -1.98. The van der Waals surface area contributed by atoms with Gasteiger partial charge in [0.1, 0.15) is 5.52 Å². The third kappa shape index (κ3) is 3.33. The lowest BCUT2D eigenvalue weighted by Gasteiger charge is -2.36. The summed E-state index contributed by atoms with van der Waals surface area (Å²) in [5.74, 6) is 0. The third-order valence-corrected chi connectivity index (χ3v) is 5.82. The van der Waals surface area contributed by atoms with E-state index in [1.54, 1.807) is 0 Å². The van der Waals surface area contributed by atoms with Crippen LogP contribution in [0, 0.1) is 6.92 Å². The molecule has 0 spiro atoms. The van der Waals surface area contributed by atoms with Gasteiger partial charge < -0.3 is 9.80 Å². The summed E-state index contributed by atoms with van der Waals surface area (Å²) in [7, 11) is 0. The number of para-hydroxylation sites is 1. The summed E-state index contributed by atoms with van der Waals surface area (Å²) in [6.45, 7) is 10.0. The summed E-state index contributed by atoms with van der Waals surface area (Å²) >= 11 is 3.58. The first-order chi connectivity index (χ1) is 12.7. The van der Waals surface area contributed by atoms with Crippen LogP contribution in [0.25, 0.3) is 22.3 Å². The predicted molar refractivity (Wildman–Crippen MR) is 112 cm³/mol. The molecule has 4 nitrogen and oxygen atoms in total. The van der Waals surface area contributed by atoms with E-state index < -0.39 is 0 Å². The Bertz CT molecular complexity index is 932. The molecule has 1 aliphatic rings. The van der Waals surface area contributed by atoms with E-state index in [1.807, 2.05) is 24.4 Å². The molecule has 0 atom stereocenters. The fraction of sp³-hybridized carbons (Fsp3) is 0.333. The molecular weight excluding hydrogens is 388 g/mol. The van der Waals surface area contributed by atoms with E-state index in [1.165, 1.54) is 11.3 Å². The lowest BCUT2D eigenvalue weighted by atomic mass is 10.1. The largest absolute Gasteiger partial charge is 0.369 e. The van der Waals surface area contributed by atoms with Crippen molar-refractivity contribution in [3.63, 3.8) is 0 Å². The number of benzene rings is 2. The highest BCUT2D eigenvalue weighted by Crippen LogP contribution is 2.29. The van der Waals surface area contributed by atoms with E-state index >= 15 is 0 Å². The molecule has 0 saturated carbocycles. The molecule has 134 valence electrons. The first kappa shape index (κ1) is 17.4. The van der Waals surface area contributed by atoms with Crippen LogP contribution in [0.4, 0.5) is 5.69 Å². The van der Waals surface area contributed by atoms with Crippen LogP contribution < -0.4 is 4.90 Å². The minimum atomic E-state index is 0.905. The summed E-state index contributed by atoms with van der Waals surface area (Å²) in [6, 6.07) is 12.6. The molecule has 0 amide bonds. The van der Waals surface area contributed by atoms with Crippen molar-refractivity contribution in [1.82, 2.24) is 14.9 Å². The average molecular weight is 411 g/mol. The maximum atomic E-state index is 4.82. The predicted octanol–water partition coefficient (Wildman–Crippen LogP) is 4.51. The van der Waals surface area contributed by atoms with Gasteiger partial charge in [-0.05, 0) is 59.2 Å². The topological polar surface area (TPSA) is 32.3 Å². The van der Waals surface area contributed by atoms with Gasteiger partial charge in [0, 0.05) is 41.9 Å². The van der Waals surface area contributed by atoms with E-state index in [9.17, 15) is 0 Å². The number of anilines is 1. The monoisotopic (exact) mass is 410 g/mol. The molecule has 26 heavy (non-hydrogen) atoms. The van der Waals surface area contributed by atoms with Crippen LogP contribution >= 0.6 is 15.9 Å². The molecule has 1 saturated heterocycles. The minimum absolute atomic E-state index is 0.905. The van der Waals surface area contributed by atoms with Gasteiger partial charge in [-0.25, -0.2) is 4.98 Å². The standard InChI is InChI=1S/C21H23BrN4/c1-3-25-9-11-26(12-10-25)20-8-7-16(13-15(20)2)19-14-23-18-6-4-5-17(22)21(18)24-19/h4-8,13-14H,3,9-12H2,1-2H3. The highest BCUT2D eigenvalue weighted by Gasteiger charge is 2.17. The number of aryl methyl sites for hydroxylation is 1. The van der Waals surface area contributed by atoms with E-state index in [4.69, 9.17) is 4.98 Å². The fourth-order valence-corrected chi connectivity index (χ4v) is 4.06. The highest BCUT2D eigenvalue weighted by atomic mass is 79.9. The zero-order valence-corrected chi connectivity index (χ0v) is 16.8. The van der Waals surface area contributed by atoms with Crippen LogP contribution in [0.5, 0.6) is 0 Å². The normalized spacial score (nSPS) is 15.6. The molecule has 2 heterocycles. The molecule has 5 heteroatoms. The van der Waals surface area contributed by atoms with Gasteiger partial charge in [-0.2, -0.15) is 0 Å². The number of nitrogens with zero attached hydrogens (tertiary/aromatic N) is 4. The number of hydrogen-bond donors (Lipinski definition) is 0. The quantitative estimate of drug-likeness (QED) is 0.635. The Morgan fingerprint density at radius 3 is 2.62 bits per heavy atom. The van der Waals surface area contributed by atoms with Gasteiger partial charge >= 0.3 is 0 Å². The molecule has 0 aliphatic carbocycles. The minimum Gasteiger partial charge on any atom is -0.369 e. The first-order valence-corrected chi connectivity index (χ1v) is 9.94. The first-order valence-electron chi connectivity index (χ1n) is 9.15. The molecule has 0 bridgehead atoms. The molecule has 1 aromatic heterocycles. The lowest BCUT2D eigenvalue weighted by Crippen LogP contribution is -2.46. The van der Waals surface area contributed by atoms with E-state index in [-0.39, 0.29) is 0 Å². The number of hydrogen-bond acceptors (Lipinski definition) is 4. The SMILES string of the molecule is CCN1CCN(c2ccc(-c3cnc4cccc(Br)c4n3)cc2C)CC1. The third-order valence-electron chi connectivity index (χ3n) is 5.18. The molecule has 4 rings (SSSR count). The molecule has 0 unspecified atom stereocenters. The number of likely N-dealkylation sites (N-methyl/N-ethyl adjacent to an activating group) is 1. The van der Waals surface area contributed by atoms with Gasteiger partial charge in [-0.1, -0.05) is 19.1 Å². The Kier molecular flexibility index (Phi) is 4.92. The van der Waals surface area contributed by atoms with E-state index in [0.717, 1.165) is 59.5 Å². The van der Waals surface area contributed by atoms with Crippen molar-refractivity contribution in [2.24, 2.45) is 0 Å². The van der Waals surface area contributed by atoms with Gasteiger partial charge in [0.05, 0.1) is 17.4 Å². The number of halogens is 1. The Morgan fingerprint density at radius 2 is 1.88 bits per heavy atom. The van der Waals surface area contributed by atoms with Crippen LogP contribution in [0.2, 0.25) is 0 Å². The van der Waals surface area contributed by atoms with Crippen molar-refractivity contribution in [1.29, 1.82) is 0 Å². The van der Waals surface area contributed by atoms with Crippen LogP contribution in [-0.4, -0.2) is 47.6 Å². The second-order valence-electron chi connectivity index (χ2n) is 6.79. The Balaban J connectivity index is 1.63. The number of fused-ring (bicyclic) bond motifs is 1. The smallest absolute Gasteiger partial charge is 0.104 e. The maximum Gasteiger partial charge on any atom is 0.104 e. The van der Waals surface area contributed by atoms with Crippen LogP contribution in [-0.2, 0) is 0 Å². The van der Waals surface area contributed by atoms with Crippen LogP contribution in [0.1, 0.15) is 12.5 Å². The number of rotatable bonds is 3. The Labute approximate surface area is 163 Å². The molecule has 1 aliphatic heterocycles. The van der Waals surface area contributed by atoms with Crippen molar-refractivity contribution < 1.29 is 0 Å². The zero-order valence-electron chi connectivity index (χ0n) is 15.2. The second-order valence-corrected chi connectivity index (χ2v) is 7.64. The lowest BCUT2D eigenvalue weighted by molar-refractivity contribution is 0.271. The number of aromatic nitrogens is 2. The van der Waals surface area contributed by atoms with Crippen molar-refractivity contribution >= 4 is 32.7 Å². The maximum absolute atomic E-state index is 4.82. The summed E-state index contributed by atoms with van der Waals surface area (Å²) in [5.41, 5.74) is 6.46. The van der Waals surface area contributed by atoms with Gasteiger partial charge in [-0.3, -0.25) is 4.98 Å². The van der Waals surface area contributed by atoms with E-state index in [0.29, 0.717) is 0 Å². The van der Waals surface area contributed by atoms with Gasteiger partial charge in [0.15, 0.2) is 0 Å². The van der Waals surface area contributed by atoms with Crippen LogP contribution in [0.3, 0.4) is 0 Å². The average Bonchev–Trinajstić information content (AvgIpc) is 2.68. The van der Waals surface area contributed by atoms with Crippen molar-refractivity contribution in [2.45, 2.75) is 13.8 Å². The summed E-state index contributed by atoms with van der Waals surface area (Å²) in [6.07, 6.45) is 1.86. The van der Waals surface area contributed by atoms with Gasteiger partial charge in [-0.15, -0.1) is 0 Å². The zero-order chi connectivity index (χ0) is 18.1. The fourth-order valence-electron chi connectivity index (χ4n) is 3.61. The summed E-state index contributed by atoms with van der Waals surface area (Å²) in [5, 5.41) is 0. The molecule has 2 aromatic carbocycles. The molecular formula is C21H23BrN4. The molecule has 1 fully saturated rings. The highest BCUT2D eigenvalue weighted by molar-refractivity contribution is 9.10. The van der Waals surface area contributed by atoms with E-state index in [2.05, 4.69) is 62.8 Å². The summed E-state index contributed by atoms with van der Waals surface area (Å²) < 4.78 is 0.978. The van der Waals surface area contributed by atoms with Gasteiger partial charge in [0.25, 0.3) is 0 Å². The molecule has 3 aromatic rings. The second kappa shape index (κ2) is 7.33. The van der Waals surface area contributed by atoms with Gasteiger partial charge in [0.2, 0.25) is 0 Å². The number of piperazine rings is 1. The Morgan fingerprint density at radius 1 is 1.08 bits per heavy atom. The van der Waals surface area contributed by atoms with Crippen molar-refractivity contribution in [3.05, 3.63) is 52.6 Å². The van der Waals surface area contributed by atoms with Crippen LogP contribution in [0.15, 0.2) is 47.1 Å². The van der Waals surface area contributed by atoms with Crippen molar-refractivity contribution in [2.75, 3.05) is 37.6 Å². The van der Waals surface area contributed by atoms with Crippen molar-refractivity contribution in [3.8, 4) is 11.3 Å². The molecule has 0 N–H and O–H groups in total. The molecule has 0 radical (unpaired) electrons.